The molecule has 2 rings (SSSR count). The van der Waals surface area contributed by atoms with Crippen molar-refractivity contribution in [2.45, 2.75) is 16.8 Å². The highest BCUT2D eigenvalue weighted by molar-refractivity contribution is 6.67. The summed E-state index contributed by atoms with van der Waals surface area (Å²) < 4.78 is 13.8. The molecule has 1 aliphatic heterocycles. The Labute approximate surface area is 165 Å². The number of urea groups is 1. The van der Waals surface area contributed by atoms with Gasteiger partial charge in [0.25, 0.3) is 0 Å². The van der Waals surface area contributed by atoms with Crippen LogP contribution in [0.2, 0.25) is 0 Å². The Morgan fingerprint density at radius 2 is 1.85 bits per heavy atom. The molecule has 1 aliphatic rings. The fourth-order valence-electron chi connectivity index (χ4n) is 2.47. The van der Waals surface area contributed by atoms with Gasteiger partial charge in [-0.15, -0.1) is 0 Å². The van der Waals surface area contributed by atoms with Gasteiger partial charge in [0, 0.05) is 5.70 Å². The van der Waals surface area contributed by atoms with Gasteiger partial charge in [-0.05, 0) is 24.6 Å². The number of esters is 1. The van der Waals surface area contributed by atoms with Crippen LogP contribution < -0.4 is 20.1 Å². The molecule has 26 heavy (non-hydrogen) atoms. The molecular weight excluding hydrogens is 407 g/mol. The first-order valence-corrected chi connectivity index (χ1v) is 8.53. The van der Waals surface area contributed by atoms with Gasteiger partial charge in [-0.25, -0.2) is 9.59 Å². The zero-order valence-corrected chi connectivity index (χ0v) is 16.5. The zero-order chi connectivity index (χ0) is 19.5. The number of carbonyl (C=O) groups is 2. The monoisotopic (exact) mass is 422 g/mol. The molecule has 0 radical (unpaired) electrons. The predicted molar refractivity (Wildman–Crippen MR) is 97.9 cm³/mol. The summed E-state index contributed by atoms with van der Waals surface area (Å²) in [5, 5.41) is 5.21. The second-order valence-corrected chi connectivity index (χ2v) is 7.89. The molecule has 1 atom stereocenters. The van der Waals surface area contributed by atoms with Gasteiger partial charge in [-0.3, -0.25) is 0 Å². The van der Waals surface area contributed by atoms with E-state index in [0.717, 1.165) is 0 Å². The lowest BCUT2D eigenvalue weighted by molar-refractivity contribution is -0.139. The van der Waals surface area contributed by atoms with Crippen molar-refractivity contribution in [2.24, 2.45) is 0 Å². The molecule has 0 unspecified atom stereocenters. The van der Waals surface area contributed by atoms with Crippen LogP contribution in [0.4, 0.5) is 4.79 Å². The number of ether oxygens (including phenoxy) is 3. The first-order valence-electron chi connectivity index (χ1n) is 7.40. The third kappa shape index (κ3) is 4.87. The molecule has 1 aromatic carbocycles. The van der Waals surface area contributed by atoms with Gasteiger partial charge in [0.2, 0.25) is 3.79 Å². The average Bonchev–Trinajstić information content (AvgIpc) is 2.57. The van der Waals surface area contributed by atoms with Crippen LogP contribution in [0.25, 0.3) is 0 Å². The Hall–Kier alpha value is -1.83. The van der Waals surface area contributed by atoms with Crippen molar-refractivity contribution in [3.8, 4) is 11.5 Å². The molecule has 0 fully saturated rings. The van der Waals surface area contributed by atoms with Crippen LogP contribution in [0.1, 0.15) is 18.5 Å². The van der Waals surface area contributed by atoms with Crippen LogP contribution in [0.3, 0.4) is 0 Å². The van der Waals surface area contributed by atoms with Gasteiger partial charge in [0.05, 0.1) is 25.8 Å². The maximum Gasteiger partial charge on any atom is 0.338 e. The van der Waals surface area contributed by atoms with E-state index in [9.17, 15) is 9.59 Å². The summed E-state index contributed by atoms with van der Waals surface area (Å²) in [4.78, 5) is 24.4. The number of nitrogens with one attached hydrogen (secondary N) is 2. The van der Waals surface area contributed by atoms with Crippen molar-refractivity contribution in [3.63, 3.8) is 0 Å². The van der Waals surface area contributed by atoms with E-state index >= 15 is 0 Å². The van der Waals surface area contributed by atoms with Crippen LogP contribution in [0, 0.1) is 0 Å². The van der Waals surface area contributed by atoms with Crippen LogP contribution in [-0.2, 0) is 9.53 Å². The Balaban J connectivity index is 2.39. The standard InChI is InChI=1S/C16H17Cl3N2O5/c1-8-12(14(22)26-7-16(17,18)19)13(21-15(23)20-8)9-4-5-10(24-2)11(6-9)25-3/h4-6,13H,7H2,1-3H3,(H2,20,21,23)/t13-/m0/s1. The third-order valence-corrected chi connectivity index (χ3v) is 3.92. The average molecular weight is 424 g/mol. The maximum absolute atomic E-state index is 12.5. The lowest BCUT2D eigenvalue weighted by atomic mass is 9.95. The summed E-state index contributed by atoms with van der Waals surface area (Å²) in [5.74, 6) is 0.239. The minimum atomic E-state index is -1.74. The number of halogens is 3. The highest BCUT2D eigenvalue weighted by Gasteiger charge is 2.34. The van der Waals surface area contributed by atoms with Crippen molar-refractivity contribution in [2.75, 3.05) is 20.8 Å². The number of carbonyl (C=O) groups excluding carboxylic acids is 2. The molecule has 2 N–H and O–H groups in total. The quantitative estimate of drug-likeness (QED) is 0.561. The number of alkyl halides is 3. The van der Waals surface area contributed by atoms with Gasteiger partial charge in [-0.1, -0.05) is 40.9 Å². The molecule has 142 valence electrons. The minimum Gasteiger partial charge on any atom is -0.493 e. The normalized spacial score (nSPS) is 17.3. The zero-order valence-electron chi connectivity index (χ0n) is 14.2. The third-order valence-electron chi connectivity index (χ3n) is 3.60. The molecule has 7 nitrogen and oxygen atoms in total. The lowest BCUT2D eigenvalue weighted by Crippen LogP contribution is -2.45. The number of benzene rings is 1. The number of methoxy groups -OCH3 is 2. The molecular formula is C16H17Cl3N2O5. The van der Waals surface area contributed by atoms with E-state index in [-0.39, 0.29) is 5.57 Å². The van der Waals surface area contributed by atoms with Crippen molar-refractivity contribution >= 4 is 46.8 Å². The summed E-state index contributed by atoms with van der Waals surface area (Å²) in [6.07, 6.45) is 0. The molecule has 10 heteroatoms. The van der Waals surface area contributed by atoms with Crippen molar-refractivity contribution in [3.05, 3.63) is 35.0 Å². The smallest absolute Gasteiger partial charge is 0.338 e. The van der Waals surface area contributed by atoms with Crippen molar-refractivity contribution in [1.29, 1.82) is 0 Å². The molecule has 0 saturated carbocycles. The van der Waals surface area contributed by atoms with E-state index in [0.29, 0.717) is 22.8 Å². The summed E-state index contributed by atoms with van der Waals surface area (Å²) >= 11 is 16.9. The van der Waals surface area contributed by atoms with Gasteiger partial charge < -0.3 is 24.8 Å². The van der Waals surface area contributed by atoms with Crippen LogP contribution in [-0.4, -0.2) is 36.6 Å². The Bertz CT molecular complexity index is 746. The van der Waals surface area contributed by atoms with E-state index in [1.807, 2.05) is 0 Å². The molecule has 1 heterocycles. The van der Waals surface area contributed by atoms with E-state index < -0.39 is 28.4 Å². The molecule has 0 aliphatic carbocycles. The van der Waals surface area contributed by atoms with Gasteiger partial charge >= 0.3 is 12.0 Å². The largest absolute Gasteiger partial charge is 0.493 e. The predicted octanol–water partition coefficient (Wildman–Crippen LogP) is 3.25. The van der Waals surface area contributed by atoms with Gasteiger partial charge in [0.1, 0.15) is 6.61 Å². The van der Waals surface area contributed by atoms with Crippen molar-refractivity contribution < 1.29 is 23.8 Å². The number of hydrogen-bond acceptors (Lipinski definition) is 5. The van der Waals surface area contributed by atoms with E-state index in [2.05, 4.69) is 10.6 Å². The number of amides is 2. The SMILES string of the molecule is COc1ccc([C@@H]2NC(=O)NC(C)=C2C(=O)OCC(Cl)(Cl)Cl)cc1OC. The second kappa shape index (κ2) is 8.24. The molecule has 2 amide bonds. The van der Waals surface area contributed by atoms with Crippen LogP contribution >= 0.6 is 34.8 Å². The highest BCUT2D eigenvalue weighted by Crippen LogP contribution is 2.35. The fraction of sp³-hybridized carbons (Fsp3) is 0.375. The lowest BCUT2D eigenvalue weighted by Gasteiger charge is -2.28. The molecule has 0 aromatic heterocycles. The Morgan fingerprint density at radius 1 is 1.19 bits per heavy atom. The summed E-state index contributed by atoms with van der Waals surface area (Å²) in [7, 11) is 2.99. The Kier molecular flexibility index (Phi) is 6.49. The maximum atomic E-state index is 12.5. The van der Waals surface area contributed by atoms with E-state index in [1.165, 1.54) is 14.2 Å². The first kappa shape index (κ1) is 20.5. The van der Waals surface area contributed by atoms with E-state index in [1.54, 1.807) is 25.1 Å². The van der Waals surface area contributed by atoms with Gasteiger partial charge in [0.15, 0.2) is 11.5 Å². The summed E-state index contributed by atoms with van der Waals surface area (Å²) in [5.41, 5.74) is 1.12. The summed E-state index contributed by atoms with van der Waals surface area (Å²) in [6.45, 7) is 1.15. The highest BCUT2D eigenvalue weighted by atomic mass is 35.6. The molecule has 0 bridgehead atoms. The minimum absolute atomic E-state index is 0.186. The van der Waals surface area contributed by atoms with Crippen molar-refractivity contribution in [1.82, 2.24) is 10.6 Å². The molecule has 0 spiro atoms. The van der Waals surface area contributed by atoms with E-state index in [4.69, 9.17) is 49.0 Å². The summed E-state index contributed by atoms with van der Waals surface area (Å²) in [6, 6.07) is 3.80. The van der Waals surface area contributed by atoms with Gasteiger partial charge in [-0.2, -0.15) is 0 Å². The molecule has 1 aromatic rings. The number of hydrogen-bond donors (Lipinski definition) is 2. The van der Waals surface area contributed by atoms with Crippen LogP contribution in [0.15, 0.2) is 29.5 Å². The second-order valence-electron chi connectivity index (χ2n) is 5.38. The topological polar surface area (TPSA) is 85.9 Å². The van der Waals surface area contributed by atoms with Crippen LogP contribution in [0.5, 0.6) is 11.5 Å². The Morgan fingerprint density at radius 3 is 2.42 bits per heavy atom. The first-order chi connectivity index (χ1) is 12.2. The number of allylic oxidation sites excluding steroid dienone is 1. The fourth-order valence-corrected chi connectivity index (χ4v) is 2.64. The number of rotatable bonds is 5. The molecule has 0 saturated heterocycles.